The van der Waals surface area contributed by atoms with Crippen molar-refractivity contribution < 1.29 is 4.79 Å². The quantitative estimate of drug-likeness (QED) is 0.371. The van der Waals surface area contributed by atoms with Gasteiger partial charge in [0, 0.05) is 22.2 Å². The lowest BCUT2D eigenvalue weighted by Crippen LogP contribution is -2.17. The molecule has 0 fully saturated rings. The van der Waals surface area contributed by atoms with Crippen molar-refractivity contribution in [3.05, 3.63) is 61.1 Å². The Kier molecular flexibility index (Phi) is 7.12. The Balaban J connectivity index is 1.56. The second kappa shape index (κ2) is 10.4. The lowest BCUT2D eigenvalue weighted by atomic mass is 10.3. The minimum absolute atomic E-state index is 0.0413. The lowest BCUT2D eigenvalue weighted by molar-refractivity contribution is -0.115. The smallest absolute Gasteiger partial charge is 0.231 e. The highest BCUT2D eigenvalue weighted by Crippen LogP contribution is 2.31. The van der Waals surface area contributed by atoms with Crippen LogP contribution < -0.4 is 5.32 Å². The van der Waals surface area contributed by atoms with E-state index in [1.165, 1.54) is 47.1 Å². The lowest BCUT2D eigenvalue weighted by Gasteiger charge is -2.10. The van der Waals surface area contributed by atoms with Crippen LogP contribution in [0.5, 0.6) is 0 Å². The van der Waals surface area contributed by atoms with Crippen molar-refractivity contribution in [2.75, 3.05) is 11.6 Å². The molecule has 2 N–H and O–H groups in total. The van der Waals surface area contributed by atoms with Crippen LogP contribution in [0.2, 0.25) is 0 Å². The Hall–Kier alpha value is -2.96. The first-order valence-corrected chi connectivity index (χ1v) is 11.8. The number of H-pyrrole nitrogens is 1. The maximum Gasteiger partial charge on any atom is 0.231 e. The van der Waals surface area contributed by atoms with Gasteiger partial charge in [-0.25, -0.2) is 19.9 Å². The predicted molar refractivity (Wildman–Crippen MR) is 119 cm³/mol. The van der Waals surface area contributed by atoms with Crippen LogP contribution in [0.4, 0.5) is 5.82 Å². The van der Waals surface area contributed by atoms with E-state index in [1.54, 1.807) is 24.2 Å². The topological polar surface area (TPSA) is 122 Å². The summed E-state index contributed by atoms with van der Waals surface area (Å²) in [5, 5.41) is 11.2. The largest absolute Gasteiger partial charge is 0.309 e. The van der Waals surface area contributed by atoms with Gasteiger partial charge in [0.15, 0.2) is 11.0 Å². The van der Waals surface area contributed by atoms with Crippen molar-refractivity contribution >= 4 is 47.0 Å². The fourth-order valence-electron chi connectivity index (χ4n) is 2.45. The summed E-state index contributed by atoms with van der Waals surface area (Å²) in [7, 11) is 0. The second-order valence-electron chi connectivity index (χ2n) is 5.95. The predicted octanol–water partition coefficient (Wildman–Crippen LogP) is 3.59. The molecule has 9 nitrogen and oxygen atoms in total. The zero-order chi connectivity index (χ0) is 21.5. The summed E-state index contributed by atoms with van der Waals surface area (Å²) in [5.74, 6) is 0.130. The van der Waals surface area contributed by atoms with E-state index in [1.807, 2.05) is 18.4 Å². The molecule has 0 aliphatic heterocycles. The zero-order valence-corrected chi connectivity index (χ0v) is 18.7. The number of benzene rings is 1. The highest BCUT2D eigenvalue weighted by Gasteiger charge is 2.15. The molecule has 1 aromatic carbocycles. The summed E-state index contributed by atoms with van der Waals surface area (Å²) >= 11 is 4.43. The van der Waals surface area contributed by atoms with Crippen LogP contribution >= 0.6 is 35.3 Å². The summed E-state index contributed by atoms with van der Waals surface area (Å²) in [5.41, 5.74) is 0.560. The normalized spacial score (nSPS) is 10.7. The van der Waals surface area contributed by atoms with Crippen LogP contribution in [0, 0.1) is 0 Å². The molecule has 0 radical (unpaired) electrons. The number of hydrogen-bond donors (Lipinski definition) is 2. The highest BCUT2D eigenvalue weighted by molar-refractivity contribution is 7.99. The zero-order valence-electron chi connectivity index (χ0n) is 16.2. The maximum absolute atomic E-state index is 12.6. The van der Waals surface area contributed by atoms with Crippen molar-refractivity contribution in [1.82, 2.24) is 35.1 Å². The van der Waals surface area contributed by atoms with Gasteiger partial charge in [-0.1, -0.05) is 11.8 Å². The van der Waals surface area contributed by atoms with Crippen LogP contribution in [-0.4, -0.2) is 47.3 Å². The number of rotatable bonds is 8. The molecule has 1 amide bonds. The van der Waals surface area contributed by atoms with Crippen LogP contribution in [0.3, 0.4) is 0 Å². The summed E-state index contributed by atoms with van der Waals surface area (Å²) in [6, 6.07) is 8.15. The Morgan fingerprint density at radius 2 is 1.87 bits per heavy atom. The van der Waals surface area contributed by atoms with E-state index in [2.05, 4.69) is 52.6 Å². The molecule has 0 bridgehead atoms. The van der Waals surface area contributed by atoms with E-state index < -0.39 is 0 Å². The Morgan fingerprint density at radius 3 is 2.58 bits per heavy atom. The number of carbonyl (C=O) groups is 1. The number of aromatic amines is 1. The minimum atomic E-state index is -0.254. The minimum Gasteiger partial charge on any atom is -0.309 e. The van der Waals surface area contributed by atoms with E-state index in [9.17, 15) is 4.79 Å². The standard InChI is InChI=1S/C19H16N8OS3/c1-29-12-2-4-13(5-3-12)30-18-14(8-16(28)26-15-9-20-6-7-21-15)25-17(10-22-18)31-19-23-11-24-27-19/h2-7,9-11H,8H2,1H3,(H,21,26,28)(H,23,24,27). The number of hydrogen-bond acceptors (Lipinski definition) is 10. The SMILES string of the molecule is CSc1ccc(Sc2ncc(Sc3ncn[nH]3)nc2CC(=O)Nc2cnccn2)cc1. The number of nitrogens with one attached hydrogen (secondary N) is 2. The van der Waals surface area contributed by atoms with E-state index in [0.717, 1.165) is 4.90 Å². The second-order valence-corrected chi connectivity index (χ2v) is 8.90. The van der Waals surface area contributed by atoms with Gasteiger partial charge in [-0.05, 0) is 42.3 Å². The molecule has 0 saturated heterocycles. The van der Waals surface area contributed by atoms with Crippen molar-refractivity contribution in [3.63, 3.8) is 0 Å². The van der Waals surface area contributed by atoms with Gasteiger partial charge in [0.2, 0.25) is 5.91 Å². The number of amides is 1. The number of aromatic nitrogens is 7. The molecule has 12 heteroatoms. The molecule has 3 aromatic heterocycles. The number of thioether (sulfide) groups is 1. The van der Waals surface area contributed by atoms with Crippen molar-refractivity contribution in [3.8, 4) is 0 Å². The Morgan fingerprint density at radius 1 is 1.03 bits per heavy atom. The third-order valence-corrected chi connectivity index (χ3v) is 6.39. The number of anilines is 1. The molecule has 0 aliphatic carbocycles. The van der Waals surface area contributed by atoms with Crippen LogP contribution in [0.25, 0.3) is 0 Å². The number of nitrogens with zero attached hydrogens (tertiary/aromatic N) is 6. The third-order valence-electron chi connectivity index (χ3n) is 3.81. The molecular formula is C19H16N8OS3. The molecule has 0 aliphatic rings. The Bertz CT molecular complexity index is 1140. The molecule has 4 rings (SSSR count). The summed E-state index contributed by atoms with van der Waals surface area (Å²) < 4.78 is 0. The van der Waals surface area contributed by atoms with E-state index in [0.29, 0.717) is 26.7 Å². The van der Waals surface area contributed by atoms with Gasteiger partial charge in [-0.3, -0.25) is 14.9 Å². The monoisotopic (exact) mass is 468 g/mol. The van der Waals surface area contributed by atoms with Crippen LogP contribution in [0.15, 0.2) is 80.4 Å². The molecule has 3 heterocycles. The summed E-state index contributed by atoms with van der Waals surface area (Å²) in [6.45, 7) is 0. The van der Waals surface area contributed by atoms with Gasteiger partial charge in [0.05, 0.1) is 24.5 Å². The average Bonchev–Trinajstić information content (AvgIpc) is 3.30. The van der Waals surface area contributed by atoms with Crippen molar-refractivity contribution in [2.45, 2.75) is 31.4 Å². The first-order chi connectivity index (χ1) is 15.2. The van der Waals surface area contributed by atoms with Crippen molar-refractivity contribution in [1.29, 1.82) is 0 Å². The molecule has 0 unspecified atom stereocenters. The van der Waals surface area contributed by atoms with E-state index in [4.69, 9.17) is 0 Å². The van der Waals surface area contributed by atoms with Gasteiger partial charge < -0.3 is 5.32 Å². The van der Waals surface area contributed by atoms with Gasteiger partial charge in [0.1, 0.15) is 16.4 Å². The van der Waals surface area contributed by atoms with Gasteiger partial charge in [-0.2, -0.15) is 5.10 Å². The molecule has 31 heavy (non-hydrogen) atoms. The summed E-state index contributed by atoms with van der Waals surface area (Å²) in [6.07, 6.45) is 9.71. The first-order valence-electron chi connectivity index (χ1n) is 8.96. The van der Waals surface area contributed by atoms with Crippen LogP contribution in [-0.2, 0) is 11.2 Å². The maximum atomic E-state index is 12.6. The molecule has 156 valence electrons. The number of carbonyl (C=O) groups excluding carboxylic acids is 1. The Labute approximate surface area is 190 Å². The van der Waals surface area contributed by atoms with Gasteiger partial charge in [-0.15, -0.1) is 11.8 Å². The fourth-order valence-corrected chi connectivity index (χ4v) is 4.35. The summed E-state index contributed by atoms with van der Waals surface area (Å²) in [4.78, 5) is 36.1. The van der Waals surface area contributed by atoms with Crippen molar-refractivity contribution in [2.24, 2.45) is 0 Å². The first kappa shape index (κ1) is 21.3. The molecule has 4 aromatic rings. The van der Waals surface area contributed by atoms with E-state index >= 15 is 0 Å². The van der Waals surface area contributed by atoms with Gasteiger partial charge >= 0.3 is 0 Å². The molecule has 0 saturated carbocycles. The molecule has 0 atom stereocenters. The van der Waals surface area contributed by atoms with Gasteiger partial charge in [0.25, 0.3) is 0 Å². The van der Waals surface area contributed by atoms with E-state index in [-0.39, 0.29) is 12.3 Å². The third kappa shape index (κ3) is 6.03. The molecule has 0 spiro atoms. The molecular weight excluding hydrogens is 452 g/mol. The highest BCUT2D eigenvalue weighted by atomic mass is 32.2. The average molecular weight is 469 g/mol. The fraction of sp³-hybridized carbons (Fsp3) is 0.105. The van der Waals surface area contributed by atoms with Crippen LogP contribution in [0.1, 0.15) is 5.69 Å².